The Balaban J connectivity index is 1.45. The number of aryl methyl sites for hydroxylation is 2. The van der Waals surface area contributed by atoms with E-state index in [1.54, 1.807) is 0 Å². The first-order valence-electron chi connectivity index (χ1n) is 13.7. The molecule has 0 aliphatic rings. The van der Waals surface area contributed by atoms with E-state index in [1.165, 1.54) is 66.1 Å². The highest BCUT2D eigenvalue weighted by atomic mass is 14.7. The van der Waals surface area contributed by atoms with E-state index in [9.17, 15) is 0 Å². The predicted octanol–water partition coefficient (Wildman–Crippen LogP) is 10.1. The molecule has 0 aliphatic heterocycles. The number of hydrogen-bond acceptors (Lipinski definition) is 2. The normalized spacial score (nSPS) is 11.2. The third-order valence-electron chi connectivity index (χ3n) is 7.89. The minimum absolute atomic E-state index is 0.993. The summed E-state index contributed by atoms with van der Waals surface area (Å²) in [5.74, 6) is 0. The van der Waals surface area contributed by atoms with E-state index >= 15 is 0 Å². The Labute approximate surface area is 234 Å². The van der Waals surface area contributed by atoms with Crippen LogP contribution in [0.1, 0.15) is 11.1 Å². The molecule has 2 heteroatoms. The van der Waals surface area contributed by atoms with Crippen molar-refractivity contribution in [3.8, 4) is 44.6 Å². The van der Waals surface area contributed by atoms with Crippen LogP contribution in [0.5, 0.6) is 0 Å². The number of aromatic nitrogens is 2. The van der Waals surface area contributed by atoms with Crippen molar-refractivity contribution in [2.75, 3.05) is 0 Å². The van der Waals surface area contributed by atoms with Crippen LogP contribution in [-0.4, -0.2) is 9.97 Å². The molecule has 0 atom stereocenters. The van der Waals surface area contributed by atoms with E-state index in [0.29, 0.717) is 0 Å². The van der Waals surface area contributed by atoms with Gasteiger partial charge < -0.3 is 0 Å². The van der Waals surface area contributed by atoms with Gasteiger partial charge in [-0.3, -0.25) is 9.97 Å². The van der Waals surface area contributed by atoms with Crippen molar-refractivity contribution in [3.05, 3.63) is 145 Å². The standard InChI is InChI=1S/C38H28N2/c1-25-23-29(36-13-7-8-21-40-36)18-19-31(25)38-34-11-5-3-9-32(34)37(33-10-4-6-12-35(33)38)28-16-14-27(15-17-28)30-20-22-39-24-26(30)2/h3-24H,1-2H3. The van der Waals surface area contributed by atoms with Gasteiger partial charge in [0.1, 0.15) is 0 Å². The Morgan fingerprint density at radius 2 is 1.05 bits per heavy atom. The molecule has 5 aromatic carbocycles. The summed E-state index contributed by atoms with van der Waals surface area (Å²) in [6.07, 6.45) is 5.64. The lowest BCUT2D eigenvalue weighted by atomic mass is 9.84. The van der Waals surface area contributed by atoms with Crippen LogP contribution in [0.3, 0.4) is 0 Å². The highest BCUT2D eigenvalue weighted by Crippen LogP contribution is 2.45. The van der Waals surface area contributed by atoms with Crippen LogP contribution in [0.4, 0.5) is 0 Å². The van der Waals surface area contributed by atoms with Gasteiger partial charge in [-0.05, 0) is 104 Å². The molecule has 0 aliphatic carbocycles. The molecule has 0 fully saturated rings. The van der Waals surface area contributed by atoms with Gasteiger partial charge in [0.25, 0.3) is 0 Å². The average Bonchev–Trinajstić information content (AvgIpc) is 3.01. The zero-order valence-electron chi connectivity index (χ0n) is 22.6. The Hall–Kier alpha value is -5.08. The summed E-state index contributed by atoms with van der Waals surface area (Å²) in [4.78, 5) is 8.82. The van der Waals surface area contributed by atoms with Crippen molar-refractivity contribution < 1.29 is 0 Å². The summed E-state index contributed by atoms with van der Waals surface area (Å²) in [6.45, 7) is 4.32. The van der Waals surface area contributed by atoms with Crippen LogP contribution < -0.4 is 0 Å². The summed E-state index contributed by atoms with van der Waals surface area (Å²) >= 11 is 0. The molecular formula is C38H28N2. The van der Waals surface area contributed by atoms with E-state index in [-0.39, 0.29) is 0 Å². The molecule has 40 heavy (non-hydrogen) atoms. The number of rotatable bonds is 4. The summed E-state index contributed by atoms with van der Waals surface area (Å²) < 4.78 is 0. The van der Waals surface area contributed by atoms with Gasteiger partial charge >= 0.3 is 0 Å². The Morgan fingerprint density at radius 1 is 0.450 bits per heavy atom. The monoisotopic (exact) mass is 512 g/mol. The molecule has 0 bridgehead atoms. The van der Waals surface area contributed by atoms with Gasteiger partial charge in [-0.15, -0.1) is 0 Å². The minimum atomic E-state index is 0.993. The van der Waals surface area contributed by atoms with E-state index in [0.717, 1.165) is 11.3 Å². The topological polar surface area (TPSA) is 25.8 Å². The van der Waals surface area contributed by atoms with Crippen molar-refractivity contribution in [3.63, 3.8) is 0 Å². The third kappa shape index (κ3) is 4.06. The molecule has 0 saturated heterocycles. The second-order valence-corrected chi connectivity index (χ2v) is 10.4. The van der Waals surface area contributed by atoms with Gasteiger partial charge in [-0.1, -0.05) is 91.0 Å². The fourth-order valence-corrected chi connectivity index (χ4v) is 5.98. The maximum absolute atomic E-state index is 4.56. The zero-order chi connectivity index (χ0) is 27.1. The van der Waals surface area contributed by atoms with Crippen LogP contribution in [0.15, 0.2) is 134 Å². The van der Waals surface area contributed by atoms with Gasteiger partial charge in [-0.2, -0.15) is 0 Å². The van der Waals surface area contributed by atoms with Crippen LogP contribution in [0, 0.1) is 13.8 Å². The molecule has 0 saturated carbocycles. The quantitative estimate of drug-likeness (QED) is 0.219. The van der Waals surface area contributed by atoms with Crippen molar-refractivity contribution in [1.29, 1.82) is 0 Å². The van der Waals surface area contributed by atoms with Crippen LogP contribution in [0.2, 0.25) is 0 Å². The Kier molecular flexibility index (Phi) is 5.94. The summed E-state index contributed by atoms with van der Waals surface area (Å²) in [5.41, 5.74) is 12.0. The van der Waals surface area contributed by atoms with Gasteiger partial charge in [0.2, 0.25) is 0 Å². The number of hydrogen-bond donors (Lipinski definition) is 0. The molecule has 0 unspecified atom stereocenters. The fourth-order valence-electron chi connectivity index (χ4n) is 5.98. The lowest BCUT2D eigenvalue weighted by Gasteiger charge is -2.19. The smallest absolute Gasteiger partial charge is 0.0702 e. The molecule has 0 radical (unpaired) electrons. The highest BCUT2D eigenvalue weighted by Gasteiger charge is 2.18. The number of nitrogens with zero attached hydrogens (tertiary/aromatic N) is 2. The Morgan fingerprint density at radius 3 is 1.65 bits per heavy atom. The molecule has 7 aromatic rings. The predicted molar refractivity (Wildman–Crippen MR) is 168 cm³/mol. The first kappa shape index (κ1) is 24.0. The molecular weight excluding hydrogens is 484 g/mol. The van der Waals surface area contributed by atoms with Crippen LogP contribution in [0.25, 0.3) is 66.2 Å². The molecule has 0 spiro atoms. The fraction of sp³-hybridized carbons (Fsp3) is 0.0526. The first-order valence-corrected chi connectivity index (χ1v) is 13.7. The summed E-state index contributed by atoms with van der Waals surface area (Å²) in [6, 6.07) is 41.5. The molecule has 0 amide bonds. The third-order valence-corrected chi connectivity index (χ3v) is 7.89. The Bertz CT molecular complexity index is 1950. The SMILES string of the molecule is Cc1cnccc1-c1ccc(-c2c3ccccc3c(-c3ccc(-c4ccccn4)cc3C)c3ccccc23)cc1. The van der Waals surface area contributed by atoms with Gasteiger partial charge in [0.15, 0.2) is 0 Å². The van der Waals surface area contributed by atoms with Crippen LogP contribution >= 0.6 is 0 Å². The molecule has 7 rings (SSSR count). The lowest BCUT2D eigenvalue weighted by molar-refractivity contribution is 1.27. The maximum atomic E-state index is 4.56. The van der Waals surface area contributed by atoms with Crippen molar-refractivity contribution in [2.24, 2.45) is 0 Å². The van der Waals surface area contributed by atoms with Gasteiger partial charge in [0, 0.05) is 24.2 Å². The second kappa shape index (κ2) is 9.91. The largest absolute Gasteiger partial charge is 0.264 e. The van der Waals surface area contributed by atoms with E-state index in [2.05, 4.69) is 127 Å². The van der Waals surface area contributed by atoms with E-state index in [4.69, 9.17) is 0 Å². The van der Waals surface area contributed by atoms with Crippen molar-refractivity contribution in [2.45, 2.75) is 13.8 Å². The average molecular weight is 513 g/mol. The van der Waals surface area contributed by atoms with E-state index < -0.39 is 0 Å². The van der Waals surface area contributed by atoms with E-state index in [1.807, 2.05) is 30.7 Å². The summed E-state index contributed by atoms with van der Waals surface area (Å²) in [5, 5.41) is 5.05. The number of pyridine rings is 2. The van der Waals surface area contributed by atoms with Crippen molar-refractivity contribution in [1.82, 2.24) is 9.97 Å². The zero-order valence-corrected chi connectivity index (χ0v) is 22.6. The molecule has 2 aromatic heterocycles. The summed E-state index contributed by atoms with van der Waals surface area (Å²) in [7, 11) is 0. The minimum Gasteiger partial charge on any atom is -0.264 e. The molecule has 0 N–H and O–H groups in total. The van der Waals surface area contributed by atoms with Gasteiger partial charge in [0.05, 0.1) is 5.69 Å². The lowest BCUT2D eigenvalue weighted by Crippen LogP contribution is -1.93. The van der Waals surface area contributed by atoms with Crippen molar-refractivity contribution >= 4 is 21.5 Å². The first-order chi connectivity index (χ1) is 19.7. The van der Waals surface area contributed by atoms with Gasteiger partial charge in [-0.25, -0.2) is 0 Å². The highest BCUT2D eigenvalue weighted by molar-refractivity contribution is 6.21. The molecule has 190 valence electrons. The number of fused-ring (bicyclic) bond motifs is 2. The van der Waals surface area contributed by atoms with Crippen LogP contribution in [-0.2, 0) is 0 Å². The number of benzene rings is 5. The maximum Gasteiger partial charge on any atom is 0.0702 e. The molecule has 2 heterocycles. The molecule has 2 nitrogen and oxygen atoms in total. The second-order valence-electron chi connectivity index (χ2n) is 10.4.